The molecular weight excluding hydrogens is 1580 g/mol. The topological polar surface area (TPSA) is 470 Å². The highest BCUT2D eigenvalue weighted by atomic mass is 32.2. The summed E-state index contributed by atoms with van der Waals surface area (Å²) in [5.41, 5.74) is 21.3. The summed E-state index contributed by atoms with van der Waals surface area (Å²) in [7, 11) is -4.53. The van der Waals surface area contributed by atoms with E-state index in [2.05, 4.69) is 30.1 Å². The van der Waals surface area contributed by atoms with Gasteiger partial charge in [-0.3, -0.25) is 19.2 Å². The minimum absolute atomic E-state index is 0. The Morgan fingerprint density at radius 2 is 0.647 bits per heavy atom. The fourth-order valence-electron chi connectivity index (χ4n) is 8.53. The highest BCUT2D eigenvalue weighted by Gasteiger charge is 2.20. The zero-order chi connectivity index (χ0) is 84.8. The zero-order valence-corrected chi connectivity index (χ0v) is 67.5. The molecule has 0 fully saturated rings. The number of carbonyl (C=O) groups excluding carboxylic acids is 4. The van der Waals surface area contributed by atoms with Crippen molar-refractivity contribution >= 4 is 67.7 Å². The molecule has 0 aliphatic rings. The van der Waals surface area contributed by atoms with E-state index in [0.717, 1.165) is 29.8 Å². The second-order valence-corrected chi connectivity index (χ2v) is 27.2. The lowest BCUT2D eigenvalue weighted by atomic mass is 10.1. The molecule has 656 valence electrons. The van der Waals surface area contributed by atoms with Crippen molar-refractivity contribution in [2.24, 2.45) is 32.9 Å². The van der Waals surface area contributed by atoms with Crippen molar-refractivity contribution in [3.8, 4) is 23.0 Å². The molecule has 4 amide bonds. The third kappa shape index (κ3) is 53.9. The molecule has 12 N–H and O–H groups in total. The van der Waals surface area contributed by atoms with E-state index in [4.69, 9.17) is 103 Å². The molecule has 0 saturated carbocycles. The number of methoxy groups -OCH3 is 2. The Morgan fingerprint density at radius 1 is 0.379 bits per heavy atom. The number of nitrogens with zero attached hydrogens (tertiary/aromatic N) is 2. The Morgan fingerprint density at radius 3 is 0.914 bits per heavy atom. The predicted molar refractivity (Wildman–Crippen MR) is 423 cm³/mol. The molecule has 4 aromatic carbocycles. The van der Waals surface area contributed by atoms with Gasteiger partial charge < -0.3 is 114 Å². The first kappa shape index (κ1) is 106. The van der Waals surface area contributed by atoms with Crippen LogP contribution in [0.2, 0.25) is 0 Å². The molecule has 0 aromatic heterocycles. The number of hydrogen-bond donors (Lipinski definition) is 8. The predicted octanol–water partition coefficient (Wildman–Crippen LogP) is 4.66. The number of sulfonamides is 2. The van der Waals surface area contributed by atoms with E-state index in [9.17, 15) is 53.6 Å². The van der Waals surface area contributed by atoms with Gasteiger partial charge in [0.25, 0.3) is 5.91 Å². The number of carbonyl (C=O) groups is 4. The molecule has 0 heterocycles. The van der Waals surface area contributed by atoms with Gasteiger partial charge in [-0.1, -0.05) is 19.1 Å². The minimum atomic E-state index is -3.91. The smallest absolute Gasteiger partial charge is 0.275 e. The van der Waals surface area contributed by atoms with Crippen molar-refractivity contribution in [3.05, 3.63) is 118 Å². The van der Waals surface area contributed by atoms with Gasteiger partial charge in [0.2, 0.25) is 37.8 Å². The number of allylic oxidation sites excluding steroid dienone is 1. The average Bonchev–Trinajstić information content (AvgIpc) is 0.825. The van der Waals surface area contributed by atoms with Crippen LogP contribution in [-0.4, -0.2) is 278 Å². The second kappa shape index (κ2) is 65.7. The highest BCUT2D eigenvalue weighted by molar-refractivity contribution is 7.89. The molecule has 0 spiro atoms. The van der Waals surface area contributed by atoms with Crippen LogP contribution in [0.15, 0.2) is 104 Å². The number of amides is 4. The Hall–Kier alpha value is -8.28. The van der Waals surface area contributed by atoms with Crippen molar-refractivity contribution in [3.63, 3.8) is 0 Å². The molecule has 0 aliphatic heterocycles. The van der Waals surface area contributed by atoms with E-state index in [1.165, 1.54) is 68.5 Å². The van der Waals surface area contributed by atoms with Crippen LogP contribution >= 0.6 is 0 Å². The Balaban J connectivity index is 0.00000106. The number of benzene rings is 4. The molecule has 0 aliphatic carbocycles. The number of nitrogens with one attached hydrogen (secondary N) is 4. The van der Waals surface area contributed by atoms with Crippen LogP contribution in [0.25, 0.3) is 12.2 Å². The van der Waals surface area contributed by atoms with E-state index >= 15 is 0 Å². The number of aliphatic imine (C=N–C) groups is 2. The summed E-state index contributed by atoms with van der Waals surface area (Å²) >= 11 is 0. The van der Waals surface area contributed by atoms with Crippen LogP contribution in [0.1, 0.15) is 59.1 Å². The summed E-state index contributed by atoms with van der Waals surface area (Å²) in [4.78, 5) is 51.8. The molecular formula is C75H116F4N10O25S2. The maximum absolute atomic E-state index is 14.7. The van der Waals surface area contributed by atoms with Gasteiger partial charge in [-0.2, -0.15) is 9.98 Å². The lowest BCUT2D eigenvalue weighted by molar-refractivity contribution is -0.123. The molecule has 0 atom stereocenters. The minimum Gasteiger partial charge on any atom is -0.451 e. The molecule has 4 aromatic rings. The lowest BCUT2D eigenvalue weighted by Gasteiger charge is -2.11. The lowest BCUT2D eigenvalue weighted by Crippen LogP contribution is -2.28. The number of hydrogen-bond acceptors (Lipinski definition) is 25. The van der Waals surface area contributed by atoms with Crippen LogP contribution in [0, 0.1) is 23.3 Å². The summed E-state index contributed by atoms with van der Waals surface area (Å²) in [5.74, 6) is -7.18. The van der Waals surface area contributed by atoms with E-state index in [0.29, 0.717) is 157 Å². The van der Waals surface area contributed by atoms with Crippen LogP contribution in [0.4, 0.5) is 17.6 Å². The van der Waals surface area contributed by atoms with Gasteiger partial charge in [-0.25, -0.2) is 43.8 Å². The summed E-state index contributed by atoms with van der Waals surface area (Å²) in [6.45, 7) is 17.4. The first-order chi connectivity index (χ1) is 55.2. The molecule has 4 rings (SSSR count). The largest absolute Gasteiger partial charge is 0.451 e. The average molecular weight is 1700 g/mol. The van der Waals surface area contributed by atoms with Gasteiger partial charge in [0.15, 0.2) is 46.7 Å². The first-order valence-electron chi connectivity index (χ1n) is 36.3. The molecule has 116 heavy (non-hydrogen) atoms. The molecule has 0 radical (unpaired) electrons. The zero-order valence-electron chi connectivity index (χ0n) is 65.9. The fourth-order valence-corrected chi connectivity index (χ4v) is 10.6. The van der Waals surface area contributed by atoms with Crippen LogP contribution in [-0.2, 0) is 110 Å². The number of guanidine groups is 2. The monoisotopic (exact) mass is 1700 g/mol. The van der Waals surface area contributed by atoms with Gasteiger partial charge in [0, 0.05) is 65.7 Å². The number of nitrogens with two attached hydrogens (primary N) is 4. The fraction of sp³-hybridized carbons (Fsp3) is 0.547. The van der Waals surface area contributed by atoms with Gasteiger partial charge in [-0.05, 0) is 111 Å². The van der Waals surface area contributed by atoms with E-state index in [-0.39, 0.29) is 136 Å². The summed E-state index contributed by atoms with van der Waals surface area (Å²) < 4.78 is 204. The van der Waals surface area contributed by atoms with Crippen LogP contribution < -0.4 is 52.5 Å². The molecule has 0 bridgehead atoms. The number of halogens is 4. The van der Waals surface area contributed by atoms with Crippen molar-refractivity contribution in [1.82, 2.24) is 20.1 Å². The van der Waals surface area contributed by atoms with Crippen molar-refractivity contribution in [2.75, 3.05) is 225 Å². The Kier molecular flexibility index (Phi) is 59.9. The maximum atomic E-state index is 14.7. The Labute approximate surface area is 676 Å². The quantitative estimate of drug-likeness (QED) is 0.00979. The van der Waals surface area contributed by atoms with E-state index in [1.807, 2.05) is 13.8 Å². The van der Waals surface area contributed by atoms with Crippen LogP contribution in [0.3, 0.4) is 0 Å². The van der Waals surface area contributed by atoms with E-state index < -0.39 is 66.7 Å². The van der Waals surface area contributed by atoms with Gasteiger partial charge in [0.05, 0.1) is 195 Å². The third-order valence-electron chi connectivity index (χ3n) is 13.8. The summed E-state index contributed by atoms with van der Waals surface area (Å²) in [6, 6.07) is 14.3. The van der Waals surface area contributed by atoms with Gasteiger partial charge >= 0.3 is 0 Å². The molecule has 35 nitrogen and oxygen atoms in total. The SMILES string of the molecule is C.CC(=O)N=C(N)N.COCCOCCOCCOCCC(=O)NCCOCCOCCOCCNS(=O)(=O)c1ccc(Oc2c(F)cc(/C=C(\C)C(=O)N=C(N)N)cc2F)cc1.COCCOCCOCCOCCOCCC(=O)NCCOCCOCCOCCNS(=O)(=O)c1ccc(Oc2c(F)cc(C=C(C)C)cc2F)cc1. The molecule has 0 unspecified atom stereocenters. The number of ether oxygens (including phenoxy) is 17. The standard InChI is InChI=1S/C36H54F2N2O12S.C35H51F2N5O12S.C3H7N3O.CH4/c1-29(2)26-30-27-33(37)36(34(38)28-30)52-31-4-6-32(7-5-31)53(42,43)40-10-13-47-18-21-50-20-17-46-12-9-39-35(41)8-11-45-16-19-49-24-25-51-23-22-48-15-14-44-3;1-26(34(44)42-35(38)39)23-27-24-30(36)33(31(37)25-27)54-28-3-5-29(6-4-28)55(45,46)41-9-12-50-17-20-53-19-16-49-11-8-40-32(43)7-10-48-15-18-52-22-21-51-14-13-47-2;1-2(7)6-3(4)5;/h4-7,26-28,40H,8-25H2,1-3H3,(H,39,41);3-6,23-25,41H,7-22H2,1-2H3,(H,40,43)(H4,38,39,42,44);1H3,(H4,4,5,6,7);1H4/b;26-23+;;. The van der Waals surface area contributed by atoms with Gasteiger partial charge in [-0.15, -0.1) is 0 Å². The normalized spacial score (nSPS) is 11.3. The van der Waals surface area contributed by atoms with Crippen molar-refractivity contribution in [1.29, 1.82) is 0 Å². The molecule has 0 saturated heterocycles. The van der Waals surface area contributed by atoms with Gasteiger partial charge in [0.1, 0.15) is 11.5 Å². The van der Waals surface area contributed by atoms with E-state index in [1.54, 1.807) is 20.3 Å². The maximum Gasteiger partial charge on any atom is 0.275 e. The summed E-state index contributed by atoms with van der Waals surface area (Å²) in [5, 5.41) is 5.49. The first-order valence-corrected chi connectivity index (χ1v) is 39.3. The van der Waals surface area contributed by atoms with Crippen molar-refractivity contribution in [2.45, 2.75) is 57.8 Å². The number of rotatable bonds is 62. The molecule has 41 heteroatoms. The van der Waals surface area contributed by atoms with Crippen LogP contribution in [0.5, 0.6) is 23.0 Å². The second-order valence-electron chi connectivity index (χ2n) is 23.7. The third-order valence-corrected chi connectivity index (χ3v) is 16.8. The summed E-state index contributed by atoms with van der Waals surface area (Å²) in [6.07, 6.45) is 3.30. The Bertz CT molecular complexity index is 3710. The van der Waals surface area contributed by atoms with Crippen molar-refractivity contribution < 1.29 is 134 Å². The highest BCUT2D eigenvalue weighted by Crippen LogP contribution is 2.32.